The van der Waals surface area contributed by atoms with E-state index in [-0.39, 0.29) is 17.9 Å². The van der Waals surface area contributed by atoms with E-state index in [1.54, 1.807) is 24.3 Å². The first kappa shape index (κ1) is 22.0. The normalized spacial score (nSPS) is 11.2. The van der Waals surface area contributed by atoms with Crippen molar-refractivity contribution < 1.29 is 9.59 Å². The fourth-order valence-electron chi connectivity index (χ4n) is 3.40. The van der Waals surface area contributed by atoms with E-state index < -0.39 is 0 Å². The van der Waals surface area contributed by atoms with E-state index in [0.29, 0.717) is 11.3 Å². The Morgan fingerprint density at radius 1 is 1.03 bits per heavy atom. The van der Waals surface area contributed by atoms with Crippen LogP contribution in [0.1, 0.15) is 46.7 Å². The van der Waals surface area contributed by atoms with Crippen molar-refractivity contribution in [2.75, 3.05) is 5.32 Å². The molecule has 0 aliphatic heterocycles. The van der Waals surface area contributed by atoms with Gasteiger partial charge in [-0.25, -0.2) is 4.68 Å². The van der Waals surface area contributed by atoms with Gasteiger partial charge in [-0.1, -0.05) is 18.2 Å². The van der Waals surface area contributed by atoms with Crippen LogP contribution in [0.25, 0.3) is 11.8 Å². The summed E-state index contributed by atoms with van der Waals surface area (Å²) in [6.07, 6.45) is 3.28. The van der Waals surface area contributed by atoms with E-state index in [9.17, 15) is 9.59 Å². The van der Waals surface area contributed by atoms with Gasteiger partial charge in [0.05, 0.1) is 11.4 Å². The van der Waals surface area contributed by atoms with Crippen LogP contribution >= 0.6 is 0 Å². The van der Waals surface area contributed by atoms with Gasteiger partial charge in [0.25, 0.3) is 5.91 Å². The van der Waals surface area contributed by atoms with Crippen molar-refractivity contribution in [2.45, 2.75) is 40.7 Å². The molecule has 6 nitrogen and oxygen atoms in total. The average Bonchev–Trinajstić information content (AvgIpc) is 3.00. The Morgan fingerprint density at radius 3 is 2.39 bits per heavy atom. The number of amides is 2. The first-order chi connectivity index (χ1) is 14.8. The maximum Gasteiger partial charge on any atom is 0.251 e. The Morgan fingerprint density at radius 2 is 1.74 bits per heavy atom. The number of carbonyl (C=O) groups is 2. The van der Waals surface area contributed by atoms with Crippen LogP contribution in [-0.4, -0.2) is 27.6 Å². The van der Waals surface area contributed by atoms with Gasteiger partial charge in [-0.05, 0) is 76.6 Å². The zero-order valence-electron chi connectivity index (χ0n) is 18.6. The fourth-order valence-corrected chi connectivity index (χ4v) is 3.40. The number of para-hydroxylation sites is 1. The number of hydrogen-bond donors (Lipinski definition) is 2. The molecule has 0 atom stereocenters. The lowest BCUT2D eigenvalue weighted by molar-refractivity contribution is -0.111. The molecule has 0 saturated carbocycles. The van der Waals surface area contributed by atoms with E-state index in [2.05, 4.69) is 15.7 Å². The number of carbonyl (C=O) groups excluding carboxylic acids is 2. The minimum absolute atomic E-state index is 0.0644. The molecule has 0 bridgehead atoms. The molecule has 6 heteroatoms. The number of aryl methyl sites for hydroxylation is 2. The molecule has 0 aliphatic carbocycles. The minimum Gasteiger partial charge on any atom is -0.350 e. The van der Waals surface area contributed by atoms with Crippen molar-refractivity contribution in [2.24, 2.45) is 0 Å². The van der Waals surface area contributed by atoms with Gasteiger partial charge in [0.1, 0.15) is 0 Å². The van der Waals surface area contributed by atoms with Gasteiger partial charge in [-0.2, -0.15) is 5.10 Å². The second-order valence-corrected chi connectivity index (χ2v) is 7.81. The molecular weight excluding hydrogens is 388 g/mol. The number of benzene rings is 2. The molecule has 31 heavy (non-hydrogen) atoms. The molecule has 0 aliphatic rings. The number of anilines is 1. The first-order valence-electron chi connectivity index (χ1n) is 10.3. The molecule has 160 valence electrons. The summed E-state index contributed by atoms with van der Waals surface area (Å²) in [5.41, 5.74) is 5.74. The van der Waals surface area contributed by atoms with E-state index in [1.807, 2.05) is 69.6 Å². The van der Waals surface area contributed by atoms with Crippen LogP contribution in [0.5, 0.6) is 0 Å². The third kappa shape index (κ3) is 5.28. The summed E-state index contributed by atoms with van der Waals surface area (Å²) < 4.78 is 1.87. The quantitative estimate of drug-likeness (QED) is 0.577. The van der Waals surface area contributed by atoms with E-state index in [0.717, 1.165) is 28.2 Å². The summed E-state index contributed by atoms with van der Waals surface area (Å²) in [5.74, 6) is -0.364. The Balaban J connectivity index is 1.72. The highest BCUT2D eigenvalue weighted by Crippen LogP contribution is 2.20. The summed E-state index contributed by atoms with van der Waals surface area (Å²) in [6.45, 7) is 9.59. The SMILES string of the molecule is Cc1cc(NC(=O)C=Cc2c(C)nn(-c3ccccc3)c2C)ccc1C(=O)NC(C)C. The van der Waals surface area contributed by atoms with Crippen molar-refractivity contribution in [3.63, 3.8) is 0 Å². The molecule has 2 N–H and O–H groups in total. The number of nitrogens with zero attached hydrogens (tertiary/aromatic N) is 2. The highest BCUT2D eigenvalue weighted by atomic mass is 16.2. The summed E-state index contributed by atoms with van der Waals surface area (Å²) >= 11 is 0. The van der Waals surface area contributed by atoms with E-state index in [1.165, 1.54) is 6.08 Å². The zero-order valence-corrected chi connectivity index (χ0v) is 18.6. The molecule has 3 rings (SSSR count). The molecular formula is C25H28N4O2. The van der Waals surface area contributed by atoms with Crippen LogP contribution in [0, 0.1) is 20.8 Å². The van der Waals surface area contributed by atoms with Crippen LogP contribution in [0.15, 0.2) is 54.6 Å². The first-order valence-corrected chi connectivity index (χ1v) is 10.3. The average molecular weight is 417 g/mol. The van der Waals surface area contributed by atoms with Gasteiger partial charge < -0.3 is 10.6 Å². The van der Waals surface area contributed by atoms with Crippen molar-refractivity contribution in [3.05, 3.63) is 82.7 Å². The molecule has 1 aromatic heterocycles. The maximum atomic E-state index is 12.5. The lowest BCUT2D eigenvalue weighted by Crippen LogP contribution is -2.30. The summed E-state index contributed by atoms with van der Waals surface area (Å²) in [6, 6.07) is 15.2. The van der Waals surface area contributed by atoms with Crippen LogP contribution < -0.4 is 10.6 Å². The summed E-state index contributed by atoms with van der Waals surface area (Å²) in [5, 5.41) is 10.3. The standard InChI is InChI=1S/C25H28N4O2/c1-16(2)26-25(31)22-12-11-20(15-17(22)3)27-24(30)14-13-23-18(4)28-29(19(23)5)21-9-7-6-8-10-21/h6-16H,1-5H3,(H,26,31)(H,27,30). The number of rotatable bonds is 6. The van der Waals surface area contributed by atoms with Gasteiger partial charge in [0, 0.05) is 34.6 Å². The molecule has 0 radical (unpaired) electrons. The third-order valence-electron chi connectivity index (χ3n) is 4.91. The molecule has 0 spiro atoms. The van der Waals surface area contributed by atoms with Crippen molar-refractivity contribution in [3.8, 4) is 5.69 Å². The van der Waals surface area contributed by atoms with Crippen molar-refractivity contribution in [1.82, 2.24) is 15.1 Å². The second-order valence-electron chi connectivity index (χ2n) is 7.81. The maximum absolute atomic E-state index is 12.5. The molecule has 0 saturated heterocycles. The number of nitrogens with one attached hydrogen (secondary N) is 2. The fraction of sp³-hybridized carbons (Fsp3) is 0.240. The van der Waals surface area contributed by atoms with Crippen molar-refractivity contribution >= 4 is 23.6 Å². The van der Waals surface area contributed by atoms with Crippen LogP contribution in [0.2, 0.25) is 0 Å². The lowest BCUT2D eigenvalue weighted by Gasteiger charge is -2.11. The number of aromatic nitrogens is 2. The topological polar surface area (TPSA) is 76.0 Å². The summed E-state index contributed by atoms with van der Waals surface area (Å²) in [7, 11) is 0. The van der Waals surface area contributed by atoms with Crippen LogP contribution in [0.3, 0.4) is 0 Å². The predicted octanol–water partition coefficient (Wildman–Crippen LogP) is 4.59. The Labute approximate surface area is 183 Å². The van der Waals surface area contributed by atoms with Crippen LogP contribution in [-0.2, 0) is 4.79 Å². The largest absolute Gasteiger partial charge is 0.350 e. The molecule has 1 heterocycles. The predicted molar refractivity (Wildman–Crippen MR) is 124 cm³/mol. The van der Waals surface area contributed by atoms with E-state index in [4.69, 9.17) is 0 Å². The highest BCUT2D eigenvalue weighted by molar-refractivity contribution is 6.03. The molecule has 0 unspecified atom stereocenters. The van der Waals surface area contributed by atoms with Gasteiger partial charge >= 0.3 is 0 Å². The Bertz CT molecular complexity index is 1130. The lowest BCUT2D eigenvalue weighted by atomic mass is 10.1. The van der Waals surface area contributed by atoms with Gasteiger partial charge in [-0.3, -0.25) is 9.59 Å². The zero-order chi connectivity index (χ0) is 22.5. The van der Waals surface area contributed by atoms with Crippen LogP contribution in [0.4, 0.5) is 5.69 Å². The number of hydrogen-bond acceptors (Lipinski definition) is 3. The highest BCUT2D eigenvalue weighted by Gasteiger charge is 2.12. The monoisotopic (exact) mass is 416 g/mol. The van der Waals surface area contributed by atoms with Crippen molar-refractivity contribution in [1.29, 1.82) is 0 Å². The second kappa shape index (κ2) is 9.43. The molecule has 2 aromatic carbocycles. The van der Waals surface area contributed by atoms with E-state index >= 15 is 0 Å². The molecule has 0 fully saturated rings. The Kier molecular flexibility index (Phi) is 6.70. The van der Waals surface area contributed by atoms with Gasteiger partial charge in [0.15, 0.2) is 0 Å². The third-order valence-corrected chi connectivity index (χ3v) is 4.91. The summed E-state index contributed by atoms with van der Waals surface area (Å²) in [4.78, 5) is 24.7. The Hall–Kier alpha value is -3.67. The smallest absolute Gasteiger partial charge is 0.251 e. The minimum atomic E-state index is -0.245. The molecule has 3 aromatic rings. The molecule has 2 amide bonds. The van der Waals surface area contributed by atoms with Gasteiger partial charge in [-0.15, -0.1) is 0 Å². The van der Waals surface area contributed by atoms with Gasteiger partial charge in [0.2, 0.25) is 5.91 Å².